The number of rotatable bonds is 3. The minimum absolute atomic E-state index is 0.0391. The molecule has 3 aliphatic rings. The molecule has 28 heavy (non-hydrogen) atoms. The van der Waals surface area contributed by atoms with Crippen LogP contribution >= 0.6 is 0 Å². The van der Waals surface area contributed by atoms with E-state index in [1.54, 1.807) is 24.3 Å². The van der Waals surface area contributed by atoms with Gasteiger partial charge in [0, 0.05) is 18.7 Å². The third-order valence-corrected chi connectivity index (χ3v) is 6.62. The fourth-order valence-corrected chi connectivity index (χ4v) is 4.91. The van der Waals surface area contributed by atoms with Crippen LogP contribution in [0.25, 0.3) is 0 Å². The molecule has 2 atom stereocenters. The van der Waals surface area contributed by atoms with Crippen molar-refractivity contribution < 1.29 is 14.4 Å². The highest BCUT2D eigenvalue weighted by Crippen LogP contribution is 2.40. The molecule has 0 N–H and O–H groups in total. The molecule has 0 spiro atoms. The van der Waals surface area contributed by atoms with E-state index < -0.39 is 0 Å². The molecule has 1 saturated carbocycles. The summed E-state index contributed by atoms with van der Waals surface area (Å²) in [5.74, 6) is -0.832. The predicted molar refractivity (Wildman–Crippen MR) is 108 cm³/mol. The van der Waals surface area contributed by atoms with Crippen LogP contribution in [0.15, 0.2) is 35.9 Å². The maximum atomic E-state index is 13.0. The molecule has 2 fully saturated rings. The Morgan fingerprint density at radius 1 is 1.07 bits per heavy atom. The number of nitrogens with zero attached hydrogens (tertiary/aromatic N) is 2. The Bertz CT molecular complexity index is 838. The molecule has 1 aromatic carbocycles. The summed E-state index contributed by atoms with van der Waals surface area (Å²) in [5.41, 5.74) is 2.22. The molecular formula is C23H28N2O3. The fourth-order valence-electron chi connectivity index (χ4n) is 4.91. The van der Waals surface area contributed by atoms with Gasteiger partial charge in [-0.05, 0) is 50.8 Å². The SMILES string of the molecule is CC1=CC[C@H]2C(=O)N(c3cccc(C(=O)N(C)C4CCCCC4)c3)C(=O)[C@@H]2C1. The lowest BCUT2D eigenvalue weighted by Gasteiger charge is -2.31. The van der Waals surface area contributed by atoms with E-state index in [4.69, 9.17) is 0 Å². The topological polar surface area (TPSA) is 57.7 Å². The first-order chi connectivity index (χ1) is 13.5. The number of hydrogen-bond acceptors (Lipinski definition) is 3. The largest absolute Gasteiger partial charge is 0.339 e. The van der Waals surface area contributed by atoms with Crippen LogP contribution in [0.5, 0.6) is 0 Å². The van der Waals surface area contributed by atoms with Gasteiger partial charge in [0.1, 0.15) is 0 Å². The van der Waals surface area contributed by atoms with Crippen molar-refractivity contribution >= 4 is 23.4 Å². The number of imide groups is 1. The molecule has 1 saturated heterocycles. The van der Waals surface area contributed by atoms with Gasteiger partial charge in [-0.3, -0.25) is 19.3 Å². The number of carbonyl (C=O) groups is 3. The van der Waals surface area contributed by atoms with E-state index in [9.17, 15) is 14.4 Å². The van der Waals surface area contributed by atoms with Gasteiger partial charge in [-0.2, -0.15) is 0 Å². The number of hydrogen-bond donors (Lipinski definition) is 0. The van der Waals surface area contributed by atoms with E-state index in [1.165, 1.54) is 16.9 Å². The molecular weight excluding hydrogens is 352 g/mol. The van der Waals surface area contributed by atoms with Crippen LogP contribution in [-0.2, 0) is 9.59 Å². The molecule has 0 unspecified atom stereocenters. The number of fused-ring (bicyclic) bond motifs is 1. The zero-order chi connectivity index (χ0) is 19.8. The van der Waals surface area contributed by atoms with Gasteiger partial charge in [-0.1, -0.05) is 37.0 Å². The summed E-state index contributed by atoms with van der Waals surface area (Å²) in [6, 6.07) is 7.27. The normalized spacial score (nSPS) is 25.5. The van der Waals surface area contributed by atoms with Crippen LogP contribution in [0, 0.1) is 11.8 Å². The first-order valence-corrected chi connectivity index (χ1v) is 10.4. The minimum atomic E-state index is -0.263. The minimum Gasteiger partial charge on any atom is -0.339 e. The van der Waals surface area contributed by atoms with Crippen molar-refractivity contribution in [2.24, 2.45) is 11.8 Å². The number of anilines is 1. The molecule has 5 nitrogen and oxygen atoms in total. The molecule has 1 aliphatic heterocycles. The van der Waals surface area contributed by atoms with Crippen molar-refractivity contribution in [1.29, 1.82) is 0 Å². The molecule has 0 bridgehead atoms. The lowest BCUT2D eigenvalue weighted by molar-refractivity contribution is -0.122. The summed E-state index contributed by atoms with van der Waals surface area (Å²) >= 11 is 0. The Morgan fingerprint density at radius 3 is 2.54 bits per heavy atom. The van der Waals surface area contributed by atoms with Crippen molar-refractivity contribution in [3.8, 4) is 0 Å². The highest BCUT2D eigenvalue weighted by atomic mass is 16.2. The second-order valence-electron chi connectivity index (χ2n) is 8.47. The standard InChI is InChI=1S/C23H28N2O3/c1-15-11-12-19-20(13-15)23(28)25(22(19)27)18-10-6-7-16(14-18)21(26)24(2)17-8-4-3-5-9-17/h6-7,10-11,14,17,19-20H,3-5,8-9,12-13H2,1-2H3/t19-,20-/m1/s1. The molecule has 0 aromatic heterocycles. The van der Waals surface area contributed by atoms with Crippen LogP contribution in [0.2, 0.25) is 0 Å². The number of allylic oxidation sites excluding steroid dienone is 2. The number of amides is 3. The third-order valence-electron chi connectivity index (χ3n) is 6.62. The molecule has 1 heterocycles. The summed E-state index contributed by atoms with van der Waals surface area (Å²) in [6.45, 7) is 2.01. The van der Waals surface area contributed by atoms with Crippen molar-refractivity contribution in [3.05, 3.63) is 41.5 Å². The van der Waals surface area contributed by atoms with Gasteiger partial charge in [-0.25, -0.2) is 0 Å². The van der Waals surface area contributed by atoms with Crippen molar-refractivity contribution in [2.75, 3.05) is 11.9 Å². The quantitative estimate of drug-likeness (QED) is 0.590. The summed E-state index contributed by atoms with van der Waals surface area (Å²) in [6.07, 6.45) is 8.99. The van der Waals surface area contributed by atoms with Gasteiger partial charge in [0.25, 0.3) is 5.91 Å². The van der Waals surface area contributed by atoms with E-state index in [0.717, 1.165) is 25.7 Å². The summed E-state index contributed by atoms with van der Waals surface area (Å²) in [5, 5.41) is 0. The molecule has 3 amide bonds. The van der Waals surface area contributed by atoms with E-state index in [0.29, 0.717) is 24.1 Å². The highest BCUT2D eigenvalue weighted by Gasteiger charge is 2.48. The summed E-state index contributed by atoms with van der Waals surface area (Å²) < 4.78 is 0. The van der Waals surface area contributed by atoms with Gasteiger partial charge >= 0.3 is 0 Å². The van der Waals surface area contributed by atoms with Gasteiger partial charge < -0.3 is 4.90 Å². The van der Waals surface area contributed by atoms with Crippen molar-refractivity contribution in [3.63, 3.8) is 0 Å². The second-order valence-corrected chi connectivity index (χ2v) is 8.47. The van der Waals surface area contributed by atoms with Crippen LogP contribution in [0.3, 0.4) is 0 Å². The first kappa shape index (κ1) is 18.9. The maximum Gasteiger partial charge on any atom is 0.253 e. The predicted octanol–water partition coefficient (Wildman–Crippen LogP) is 3.94. The van der Waals surface area contributed by atoms with Crippen LogP contribution in [-0.4, -0.2) is 35.7 Å². The fraction of sp³-hybridized carbons (Fsp3) is 0.522. The lowest BCUT2D eigenvalue weighted by atomic mass is 9.82. The molecule has 148 valence electrons. The van der Waals surface area contributed by atoms with Crippen LogP contribution in [0.1, 0.15) is 62.2 Å². The highest BCUT2D eigenvalue weighted by molar-refractivity contribution is 6.22. The lowest BCUT2D eigenvalue weighted by Crippen LogP contribution is -2.38. The Labute approximate surface area is 166 Å². The Balaban J connectivity index is 1.56. The Hall–Kier alpha value is -2.43. The Morgan fingerprint density at radius 2 is 1.79 bits per heavy atom. The van der Waals surface area contributed by atoms with Gasteiger partial charge in [-0.15, -0.1) is 0 Å². The average molecular weight is 380 g/mol. The van der Waals surface area contributed by atoms with E-state index in [1.807, 2.05) is 18.9 Å². The Kier molecular flexibility index (Phi) is 5.09. The zero-order valence-electron chi connectivity index (χ0n) is 16.7. The zero-order valence-corrected chi connectivity index (χ0v) is 16.7. The van der Waals surface area contributed by atoms with Crippen LogP contribution in [0.4, 0.5) is 5.69 Å². The number of carbonyl (C=O) groups excluding carboxylic acids is 3. The third kappa shape index (κ3) is 3.27. The van der Waals surface area contributed by atoms with Gasteiger partial charge in [0.05, 0.1) is 17.5 Å². The molecule has 4 rings (SSSR count). The monoisotopic (exact) mass is 380 g/mol. The van der Waals surface area contributed by atoms with Gasteiger partial charge in [0.2, 0.25) is 11.8 Å². The van der Waals surface area contributed by atoms with Gasteiger partial charge in [0.15, 0.2) is 0 Å². The van der Waals surface area contributed by atoms with Crippen LogP contribution < -0.4 is 4.90 Å². The number of benzene rings is 1. The maximum absolute atomic E-state index is 13.0. The summed E-state index contributed by atoms with van der Waals surface area (Å²) in [7, 11) is 1.86. The summed E-state index contributed by atoms with van der Waals surface area (Å²) in [4.78, 5) is 42.0. The molecule has 2 aliphatic carbocycles. The van der Waals surface area contributed by atoms with Crippen molar-refractivity contribution in [1.82, 2.24) is 4.90 Å². The molecule has 5 heteroatoms. The molecule has 0 radical (unpaired) electrons. The van der Waals surface area contributed by atoms with E-state index in [-0.39, 0.29) is 35.6 Å². The second kappa shape index (κ2) is 7.53. The van der Waals surface area contributed by atoms with E-state index >= 15 is 0 Å². The van der Waals surface area contributed by atoms with Crippen molar-refractivity contribution in [2.45, 2.75) is 57.9 Å². The smallest absolute Gasteiger partial charge is 0.253 e. The molecule has 1 aromatic rings. The average Bonchev–Trinajstić information content (AvgIpc) is 2.97. The van der Waals surface area contributed by atoms with E-state index in [2.05, 4.69) is 6.08 Å². The first-order valence-electron chi connectivity index (χ1n) is 10.4.